The third-order valence-electron chi connectivity index (χ3n) is 2.96. The van der Waals surface area contributed by atoms with Gasteiger partial charge >= 0.3 is 6.09 Å². The first-order valence-corrected chi connectivity index (χ1v) is 4.65. The molecular weight excluding hydrogens is 186 g/mol. The standard InChI is InChI=1S/C8H13N3O3/c12-6-5-8(10-9-6)1-3-11(4-2-8)7(13)14/h10H,1-5H2,(H,9,12)(H,13,14). The van der Waals surface area contributed by atoms with Crippen LogP contribution in [-0.2, 0) is 4.79 Å². The molecule has 0 aromatic carbocycles. The van der Waals surface area contributed by atoms with Crippen LogP contribution >= 0.6 is 0 Å². The Morgan fingerprint density at radius 1 is 1.43 bits per heavy atom. The number of carbonyl (C=O) groups excluding carboxylic acids is 1. The maximum absolute atomic E-state index is 11.0. The zero-order chi connectivity index (χ0) is 10.2. The number of hydrogen-bond donors (Lipinski definition) is 3. The van der Waals surface area contributed by atoms with E-state index in [1.165, 1.54) is 4.90 Å². The molecule has 2 aliphatic rings. The number of carbonyl (C=O) groups is 2. The molecule has 2 aliphatic heterocycles. The lowest BCUT2D eigenvalue weighted by molar-refractivity contribution is -0.119. The molecule has 6 nitrogen and oxygen atoms in total. The molecule has 2 fully saturated rings. The number of hydrogen-bond acceptors (Lipinski definition) is 3. The highest BCUT2D eigenvalue weighted by atomic mass is 16.4. The molecular formula is C8H13N3O3. The highest BCUT2D eigenvalue weighted by Gasteiger charge is 2.41. The average molecular weight is 199 g/mol. The Labute approximate surface area is 81.2 Å². The maximum Gasteiger partial charge on any atom is 0.407 e. The van der Waals surface area contributed by atoms with Crippen molar-refractivity contribution in [3.05, 3.63) is 0 Å². The molecule has 0 aromatic heterocycles. The molecule has 0 atom stereocenters. The van der Waals surface area contributed by atoms with Gasteiger partial charge < -0.3 is 10.0 Å². The van der Waals surface area contributed by atoms with Gasteiger partial charge in [-0.3, -0.25) is 10.2 Å². The Bertz CT molecular complexity index is 271. The van der Waals surface area contributed by atoms with E-state index in [1.54, 1.807) is 0 Å². The predicted molar refractivity (Wildman–Crippen MR) is 47.5 cm³/mol. The van der Waals surface area contributed by atoms with Gasteiger partial charge in [0.25, 0.3) is 0 Å². The van der Waals surface area contributed by atoms with E-state index >= 15 is 0 Å². The molecule has 0 aromatic rings. The first-order chi connectivity index (χ1) is 6.61. The minimum atomic E-state index is -0.878. The summed E-state index contributed by atoms with van der Waals surface area (Å²) in [6.45, 7) is 0.995. The van der Waals surface area contributed by atoms with Crippen LogP contribution in [0.5, 0.6) is 0 Å². The van der Waals surface area contributed by atoms with Crippen molar-refractivity contribution >= 4 is 12.0 Å². The molecule has 0 bridgehead atoms. The van der Waals surface area contributed by atoms with Crippen molar-refractivity contribution in [2.45, 2.75) is 24.8 Å². The maximum atomic E-state index is 11.0. The zero-order valence-electron chi connectivity index (χ0n) is 7.75. The summed E-state index contributed by atoms with van der Waals surface area (Å²) >= 11 is 0. The van der Waals surface area contributed by atoms with E-state index in [4.69, 9.17) is 5.11 Å². The fraction of sp³-hybridized carbons (Fsp3) is 0.750. The highest BCUT2D eigenvalue weighted by Crippen LogP contribution is 2.27. The van der Waals surface area contributed by atoms with Crippen LogP contribution in [-0.4, -0.2) is 40.6 Å². The summed E-state index contributed by atoms with van der Waals surface area (Å²) in [5, 5.41) is 8.74. The van der Waals surface area contributed by atoms with Crippen molar-refractivity contribution in [1.29, 1.82) is 0 Å². The summed E-state index contributed by atoms with van der Waals surface area (Å²) in [5.74, 6) is -0.00576. The molecule has 0 radical (unpaired) electrons. The van der Waals surface area contributed by atoms with E-state index in [0.29, 0.717) is 32.4 Å². The Morgan fingerprint density at radius 2 is 2.07 bits per heavy atom. The number of nitrogens with one attached hydrogen (secondary N) is 2. The van der Waals surface area contributed by atoms with Crippen LogP contribution in [0.15, 0.2) is 0 Å². The van der Waals surface area contributed by atoms with E-state index < -0.39 is 6.09 Å². The summed E-state index contributed by atoms with van der Waals surface area (Å²) in [6.07, 6.45) is 0.966. The van der Waals surface area contributed by atoms with Crippen LogP contribution in [0.2, 0.25) is 0 Å². The van der Waals surface area contributed by atoms with Gasteiger partial charge in [0.2, 0.25) is 5.91 Å². The first-order valence-electron chi connectivity index (χ1n) is 4.65. The normalized spacial score (nSPS) is 25.1. The number of carboxylic acid groups (broad SMARTS) is 1. The zero-order valence-corrected chi connectivity index (χ0v) is 7.75. The first kappa shape index (κ1) is 9.26. The molecule has 0 unspecified atom stereocenters. The largest absolute Gasteiger partial charge is 0.465 e. The fourth-order valence-electron chi connectivity index (χ4n) is 2.03. The lowest BCUT2D eigenvalue weighted by Gasteiger charge is -2.36. The summed E-state index contributed by atoms with van der Waals surface area (Å²) in [5.41, 5.74) is 5.33. The number of likely N-dealkylation sites (tertiary alicyclic amines) is 1. The molecule has 6 heteroatoms. The number of piperidine rings is 1. The van der Waals surface area contributed by atoms with Gasteiger partial charge in [0.15, 0.2) is 0 Å². The second-order valence-corrected chi connectivity index (χ2v) is 3.90. The predicted octanol–water partition coefficient (Wildman–Crippen LogP) is -0.476. The Hall–Kier alpha value is -1.30. The molecule has 14 heavy (non-hydrogen) atoms. The van der Waals surface area contributed by atoms with Crippen molar-refractivity contribution in [3.8, 4) is 0 Å². The van der Waals surface area contributed by atoms with Gasteiger partial charge in [-0.15, -0.1) is 0 Å². The molecule has 2 rings (SSSR count). The van der Waals surface area contributed by atoms with E-state index in [9.17, 15) is 9.59 Å². The molecule has 2 saturated heterocycles. The molecule has 3 N–H and O–H groups in total. The fourth-order valence-corrected chi connectivity index (χ4v) is 2.03. The molecule has 0 aliphatic carbocycles. The molecule has 0 saturated carbocycles. The second kappa shape index (κ2) is 3.13. The molecule has 1 spiro atoms. The lowest BCUT2D eigenvalue weighted by Crippen LogP contribution is -2.52. The van der Waals surface area contributed by atoms with Crippen molar-refractivity contribution in [1.82, 2.24) is 15.8 Å². The summed E-state index contributed by atoms with van der Waals surface area (Å²) in [4.78, 5) is 23.1. The highest BCUT2D eigenvalue weighted by molar-refractivity contribution is 5.79. The Kier molecular flexibility index (Phi) is 2.07. The Morgan fingerprint density at radius 3 is 2.50 bits per heavy atom. The van der Waals surface area contributed by atoms with Gasteiger partial charge in [-0.25, -0.2) is 10.2 Å². The second-order valence-electron chi connectivity index (χ2n) is 3.90. The van der Waals surface area contributed by atoms with E-state index in [-0.39, 0.29) is 11.4 Å². The molecule has 78 valence electrons. The third-order valence-corrected chi connectivity index (χ3v) is 2.96. The minimum Gasteiger partial charge on any atom is -0.465 e. The summed E-state index contributed by atoms with van der Waals surface area (Å²) in [7, 11) is 0. The third kappa shape index (κ3) is 1.52. The number of hydrazine groups is 1. The number of rotatable bonds is 0. The van der Waals surface area contributed by atoms with E-state index in [2.05, 4.69) is 10.9 Å². The van der Waals surface area contributed by atoms with E-state index in [1.807, 2.05) is 0 Å². The van der Waals surface area contributed by atoms with Gasteiger partial charge in [-0.2, -0.15) is 0 Å². The average Bonchev–Trinajstić information content (AvgIpc) is 2.48. The van der Waals surface area contributed by atoms with Crippen LogP contribution in [0.25, 0.3) is 0 Å². The molecule has 2 amide bonds. The van der Waals surface area contributed by atoms with Gasteiger partial charge in [0.1, 0.15) is 0 Å². The van der Waals surface area contributed by atoms with Crippen LogP contribution < -0.4 is 10.9 Å². The van der Waals surface area contributed by atoms with Crippen LogP contribution in [0.3, 0.4) is 0 Å². The van der Waals surface area contributed by atoms with Crippen molar-refractivity contribution in [2.75, 3.05) is 13.1 Å². The quantitative estimate of drug-likeness (QED) is 0.492. The van der Waals surface area contributed by atoms with Crippen LogP contribution in [0.1, 0.15) is 19.3 Å². The van der Waals surface area contributed by atoms with Gasteiger partial charge in [-0.1, -0.05) is 0 Å². The van der Waals surface area contributed by atoms with Crippen molar-refractivity contribution in [2.24, 2.45) is 0 Å². The summed E-state index contributed by atoms with van der Waals surface area (Å²) in [6, 6.07) is 0. The number of nitrogens with zero attached hydrogens (tertiary/aromatic N) is 1. The van der Waals surface area contributed by atoms with E-state index in [0.717, 1.165) is 0 Å². The molecule has 2 heterocycles. The minimum absolute atomic E-state index is 0.00576. The van der Waals surface area contributed by atoms with Crippen molar-refractivity contribution < 1.29 is 14.7 Å². The monoisotopic (exact) mass is 199 g/mol. The van der Waals surface area contributed by atoms with Gasteiger partial charge in [0.05, 0.1) is 0 Å². The number of amides is 2. The van der Waals surface area contributed by atoms with Crippen LogP contribution in [0, 0.1) is 0 Å². The van der Waals surface area contributed by atoms with Crippen molar-refractivity contribution in [3.63, 3.8) is 0 Å². The topological polar surface area (TPSA) is 81.7 Å². The lowest BCUT2D eigenvalue weighted by atomic mass is 9.86. The van der Waals surface area contributed by atoms with Crippen LogP contribution in [0.4, 0.5) is 4.79 Å². The SMILES string of the molecule is O=C1CC2(CCN(C(=O)O)CC2)NN1. The Balaban J connectivity index is 1.95. The van der Waals surface area contributed by atoms with Gasteiger partial charge in [-0.05, 0) is 12.8 Å². The van der Waals surface area contributed by atoms with Gasteiger partial charge in [0, 0.05) is 25.0 Å². The summed E-state index contributed by atoms with van der Waals surface area (Å²) < 4.78 is 0. The smallest absolute Gasteiger partial charge is 0.407 e.